The summed E-state index contributed by atoms with van der Waals surface area (Å²) in [6, 6.07) is 3.76. The zero-order valence-corrected chi connectivity index (χ0v) is 18.7. The molecule has 1 aliphatic carbocycles. The Morgan fingerprint density at radius 3 is 2.89 bits per heavy atom. The number of nitrogens with one attached hydrogen (secondary N) is 3. The summed E-state index contributed by atoms with van der Waals surface area (Å²) in [6.45, 7) is 5.86. The topological polar surface area (TPSA) is 102 Å². The van der Waals surface area contributed by atoms with E-state index in [0.29, 0.717) is 42.0 Å². The second kappa shape index (κ2) is 8.86. The molecule has 3 heterocycles. The van der Waals surface area contributed by atoms with Gasteiger partial charge < -0.3 is 25.4 Å². The molecule has 0 radical (unpaired) electrons. The van der Waals surface area contributed by atoms with Crippen molar-refractivity contribution in [1.82, 2.24) is 10.3 Å². The Morgan fingerprint density at radius 2 is 2.14 bits per heavy atom. The van der Waals surface area contributed by atoms with E-state index in [0.717, 1.165) is 23.3 Å². The van der Waals surface area contributed by atoms with E-state index in [2.05, 4.69) is 27.5 Å². The van der Waals surface area contributed by atoms with E-state index < -0.39 is 17.7 Å². The number of allylic oxidation sites excluding steroid dienone is 4. The van der Waals surface area contributed by atoms with Crippen LogP contribution in [0.25, 0.3) is 0 Å². The maximum Gasteiger partial charge on any atom is 0.319 e. The Labute approximate surface area is 199 Å². The van der Waals surface area contributed by atoms with Crippen molar-refractivity contribution >= 4 is 23.4 Å². The van der Waals surface area contributed by atoms with Crippen molar-refractivity contribution in [2.75, 3.05) is 10.6 Å². The Balaban J connectivity index is 1.17. The van der Waals surface area contributed by atoms with Crippen molar-refractivity contribution in [2.24, 2.45) is 5.92 Å². The third-order valence-corrected chi connectivity index (χ3v) is 6.03. The summed E-state index contributed by atoms with van der Waals surface area (Å²) in [5, 5.41) is 7.83. The third kappa shape index (κ3) is 4.59. The SMILES string of the molecule is C=C1/C(=C\C=C(/C)Oc2ccnc3c2CCC(=O)N3)O[C@@H]2[C@@H](NC(=O)Nc3ccc(F)cc3F)[C@H]12. The second-order valence-corrected chi connectivity index (χ2v) is 8.48. The first-order chi connectivity index (χ1) is 16.8. The molecule has 180 valence electrons. The Hall–Kier alpha value is -4.21. The lowest BCUT2D eigenvalue weighted by Gasteiger charge is -2.18. The van der Waals surface area contributed by atoms with E-state index >= 15 is 0 Å². The van der Waals surface area contributed by atoms with Gasteiger partial charge in [0.25, 0.3) is 0 Å². The van der Waals surface area contributed by atoms with Crippen LogP contribution in [0.4, 0.5) is 25.1 Å². The maximum atomic E-state index is 13.7. The Morgan fingerprint density at radius 1 is 1.31 bits per heavy atom. The van der Waals surface area contributed by atoms with Crippen molar-refractivity contribution in [2.45, 2.75) is 31.9 Å². The minimum absolute atomic E-state index is 0.0671. The molecule has 3 atom stereocenters. The van der Waals surface area contributed by atoms with Crippen LogP contribution in [0.15, 0.2) is 66.3 Å². The molecule has 8 nitrogen and oxygen atoms in total. The van der Waals surface area contributed by atoms with Crippen molar-refractivity contribution in [3.05, 3.63) is 83.5 Å². The normalized spacial score (nSPS) is 23.7. The first-order valence-electron chi connectivity index (χ1n) is 11.0. The number of pyridine rings is 1. The average molecular weight is 480 g/mol. The van der Waals surface area contributed by atoms with Crippen LogP contribution >= 0.6 is 0 Å². The molecule has 1 aromatic heterocycles. The molecule has 2 aliphatic heterocycles. The van der Waals surface area contributed by atoms with Gasteiger partial charge in [-0.05, 0) is 49.3 Å². The smallest absolute Gasteiger partial charge is 0.319 e. The van der Waals surface area contributed by atoms with Crippen molar-refractivity contribution < 1.29 is 27.8 Å². The van der Waals surface area contributed by atoms with E-state index in [1.54, 1.807) is 31.3 Å². The first kappa shape index (κ1) is 22.6. The van der Waals surface area contributed by atoms with Gasteiger partial charge in [-0.25, -0.2) is 18.6 Å². The molecular weight excluding hydrogens is 458 g/mol. The summed E-state index contributed by atoms with van der Waals surface area (Å²) in [4.78, 5) is 27.9. The Bertz CT molecular complexity index is 1310. The zero-order chi connectivity index (χ0) is 24.7. The van der Waals surface area contributed by atoms with E-state index in [1.165, 1.54) is 0 Å². The Kier molecular flexibility index (Phi) is 5.72. The molecule has 10 heteroatoms. The highest BCUT2D eigenvalue weighted by atomic mass is 19.1. The van der Waals surface area contributed by atoms with Crippen LogP contribution in [0.5, 0.6) is 5.75 Å². The second-order valence-electron chi connectivity index (χ2n) is 8.48. The van der Waals surface area contributed by atoms with Crippen molar-refractivity contribution in [1.29, 1.82) is 0 Å². The van der Waals surface area contributed by atoms with Gasteiger partial charge in [0.05, 0.1) is 17.6 Å². The van der Waals surface area contributed by atoms with Gasteiger partial charge in [0.15, 0.2) is 0 Å². The largest absolute Gasteiger partial charge is 0.487 e. The quantitative estimate of drug-likeness (QED) is 0.558. The van der Waals surface area contributed by atoms with Gasteiger partial charge in [-0.3, -0.25) is 4.79 Å². The van der Waals surface area contributed by atoms with E-state index in [1.807, 2.05) is 0 Å². The number of amides is 3. The van der Waals surface area contributed by atoms with Crippen LogP contribution < -0.4 is 20.7 Å². The lowest BCUT2D eigenvalue weighted by molar-refractivity contribution is -0.116. The number of aromatic nitrogens is 1. The molecule has 0 bridgehead atoms. The number of benzene rings is 1. The molecule has 35 heavy (non-hydrogen) atoms. The number of anilines is 2. The molecule has 0 spiro atoms. The number of ether oxygens (including phenoxy) is 2. The fraction of sp³-hybridized carbons (Fsp3) is 0.240. The van der Waals surface area contributed by atoms with Gasteiger partial charge in [0, 0.05) is 24.2 Å². The van der Waals surface area contributed by atoms with Crippen molar-refractivity contribution in [3.63, 3.8) is 0 Å². The standard InChI is InChI=1S/C25H22F2N4O4/c1-12(34-19-9-10-28-24-15(19)5-8-20(32)30-24)3-7-18-13(2)21-22(23(21)35-18)31-25(33)29-17-6-4-14(26)11-16(17)27/h3-4,6-7,9-11,21-23H,2,5,8H2,1H3,(H,28,30,32)(H2,29,31,33)/b12-3+,18-7+/t21-,22-,23-/m0/s1. The molecular formula is C25H22F2N4O4. The summed E-state index contributed by atoms with van der Waals surface area (Å²) >= 11 is 0. The van der Waals surface area contributed by atoms with Gasteiger partial charge in [-0.15, -0.1) is 0 Å². The van der Waals surface area contributed by atoms with E-state index in [9.17, 15) is 18.4 Å². The highest BCUT2D eigenvalue weighted by Crippen LogP contribution is 2.50. The predicted octanol–water partition coefficient (Wildman–Crippen LogP) is 4.19. The fourth-order valence-corrected chi connectivity index (χ4v) is 4.20. The highest BCUT2D eigenvalue weighted by molar-refractivity contribution is 5.93. The summed E-state index contributed by atoms with van der Waals surface area (Å²) in [7, 11) is 0. The minimum atomic E-state index is -0.858. The molecule has 1 aromatic carbocycles. The van der Waals surface area contributed by atoms with E-state index in [4.69, 9.17) is 9.47 Å². The molecule has 3 aliphatic rings. The summed E-state index contributed by atoms with van der Waals surface area (Å²) in [5.41, 5.74) is 1.47. The van der Waals surface area contributed by atoms with Gasteiger partial charge in [-0.1, -0.05) is 6.58 Å². The van der Waals surface area contributed by atoms with E-state index in [-0.39, 0.29) is 29.7 Å². The van der Waals surface area contributed by atoms with Gasteiger partial charge in [-0.2, -0.15) is 0 Å². The van der Waals surface area contributed by atoms with Crippen LogP contribution in [0.2, 0.25) is 0 Å². The molecule has 1 saturated heterocycles. The molecule has 3 amide bonds. The molecule has 2 aromatic rings. The zero-order valence-electron chi connectivity index (χ0n) is 18.7. The highest BCUT2D eigenvalue weighted by Gasteiger charge is 2.60. The van der Waals surface area contributed by atoms with Crippen LogP contribution in [-0.4, -0.2) is 29.1 Å². The summed E-state index contributed by atoms with van der Waals surface area (Å²) in [6.07, 6.45) is 5.76. The van der Waals surface area contributed by atoms with Gasteiger partial charge in [0.1, 0.15) is 40.8 Å². The predicted molar refractivity (Wildman–Crippen MR) is 123 cm³/mol. The van der Waals surface area contributed by atoms with Crippen LogP contribution in [0.3, 0.4) is 0 Å². The molecule has 3 N–H and O–H groups in total. The maximum absolute atomic E-state index is 13.7. The molecule has 0 unspecified atom stereocenters. The minimum Gasteiger partial charge on any atom is -0.487 e. The van der Waals surface area contributed by atoms with Crippen molar-refractivity contribution in [3.8, 4) is 5.75 Å². The molecule has 1 saturated carbocycles. The molecule has 5 rings (SSSR count). The van der Waals surface area contributed by atoms with Crippen LogP contribution in [0, 0.1) is 17.6 Å². The number of hydrogen-bond donors (Lipinski definition) is 3. The van der Waals surface area contributed by atoms with Gasteiger partial charge >= 0.3 is 6.03 Å². The number of rotatable bonds is 5. The number of urea groups is 1. The summed E-state index contributed by atoms with van der Waals surface area (Å²) < 4.78 is 38.6. The number of fused-ring (bicyclic) bond motifs is 2. The fourth-order valence-electron chi connectivity index (χ4n) is 4.20. The van der Waals surface area contributed by atoms with Crippen LogP contribution in [-0.2, 0) is 16.0 Å². The lowest BCUT2D eigenvalue weighted by Crippen LogP contribution is -2.34. The number of carbonyl (C=O) groups is 2. The van der Waals surface area contributed by atoms with Gasteiger partial charge in [0.2, 0.25) is 5.91 Å². The third-order valence-electron chi connectivity index (χ3n) is 6.03. The molecule has 2 fully saturated rings. The number of hydrogen-bond acceptors (Lipinski definition) is 5. The average Bonchev–Trinajstić information content (AvgIpc) is 3.37. The van der Waals surface area contributed by atoms with Crippen LogP contribution in [0.1, 0.15) is 18.9 Å². The number of carbonyl (C=O) groups excluding carboxylic acids is 2. The number of halogens is 2. The lowest BCUT2D eigenvalue weighted by atomic mass is 10.1. The monoisotopic (exact) mass is 480 g/mol. The summed E-state index contributed by atoms with van der Waals surface area (Å²) in [5.74, 6) is 0.607. The number of nitrogens with zero attached hydrogens (tertiary/aromatic N) is 1. The first-order valence-corrected chi connectivity index (χ1v) is 11.0.